The third-order valence-electron chi connectivity index (χ3n) is 3.94. The van der Waals surface area contributed by atoms with Crippen LogP contribution in [0.5, 0.6) is 0 Å². The van der Waals surface area contributed by atoms with Gasteiger partial charge in [-0.1, -0.05) is 6.92 Å². The zero-order valence-corrected chi connectivity index (χ0v) is 13.7. The van der Waals surface area contributed by atoms with Gasteiger partial charge in [-0.2, -0.15) is 0 Å². The average molecular weight is 320 g/mol. The molecule has 1 aromatic heterocycles. The van der Waals surface area contributed by atoms with Crippen molar-refractivity contribution in [2.75, 3.05) is 53.0 Å². The van der Waals surface area contributed by atoms with Crippen molar-refractivity contribution in [3.05, 3.63) is 29.6 Å². The Balaban J connectivity index is 1.98. The quantitative estimate of drug-likeness (QED) is 0.760. The molecule has 1 aliphatic heterocycles. The summed E-state index contributed by atoms with van der Waals surface area (Å²) in [5, 5.41) is 2.70. The molecule has 1 fully saturated rings. The van der Waals surface area contributed by atoms with E-state index in [1.165, 1.54) is 6.20 Å². The van der Waals surface area contributed by atoms with Crippen LogP contribution in [-0.4, -0.2) is 79.6 Å². The molecule has 2 heterocycles. The summed E-state index contributed by atoms with van der Waals surface area (Å²) < 4.78 is 4.89. The Bertz CT molecular complexity index is 542. The van der Waals surface area contributed by atoms with Gasteiger partial charge in [0.1, 0.15) is 5.69 Å². The number of aromatic nitrogens is 1. The van der Waals surface area contributed by atoms with E-state index in [0.717, 1.165) is 19.6 Å². The summed E-state index contributed by atoms with van der Waals surface area (Å²) >= 11 is 0. The fraction of sp³-hybridized carbons (Fsp3) is 0.562. The Kier molecular flexibility index (Phi) is 6.49. The molecule has 0 bridgehead atoms. The number of ether oxygens (including phenoxy) is 1. The lowest BCUT2D eigenvalue weighted by atomic mass is 10.1. The number of methoxy groups -OCH3 is 1. The molecule has 1 N–H and O–H groups in total. The fourth-order valence-corrected chi connectivity index (χ4v) is 2.49. The summed E-state index contributed by atoms with van der Waals surface area (Å²) in [4.78, 5) is 32.7. The molecule has 0 radical (unpaired) electrons. The van der Waals surface area contributed by atoms with Crippen molar-refractivity contribution in [2.24, 2.45) is 0 Å². The van der Waals surface area contributed by atoms with Gasteiger partial charge in [-0.3, -0.25) is 14.6 Å². The highest BCUT2D eigenvalue weighted by Gasteiger charge is 2.22. The largest absolute Gasteiger partial charge is 0.383 e. The number of piperazine rings is 1. The van der Waals surface area contributed by atoms with E-state index < -0.39 is 0 Å². The number of nitrogens with zero attached hydrogens (tertiary/aromatic N) is 3. The van der Waals surface area contributed by atoms with Gasteiger partial charge in [0.2, 0.25) is 0 Å². The first-order valence-corrected chi connectivity index (χ1v) is 7.90. The van der Waals surface area contributed by atoms with E-state index in [4.69, 9.17) is 4.74 Å². The van der Waals surface area contributed by atoms with Crippen LogP contribution in [0, 0.1) is 0 Å². The number of hydrogen-bond acceptors (Lipinski definition) is 5. The molecular weight excluding hydrogens is 296 g/mol. The molecule has 1 aromatic rings. The summed E-state index contributed by atoms with van der Waals surface area (Å²) in [6.45, 7) is 7.17. The number of hydrogen-bond donors (Lipinski definition) is 1. The zero-order valence-electron chi connectivity index (χ0n) is 13.7. The van der Waals surface area contributed by atoms with Crippen molar-refractivity contribution < 1.29 is 14.3 Å². The molecule has 0 atom stereocenters. The van der Waals surface area contributed by atoms with Crippen LogP contribution in [0.2, 0.25) is 0 Å². The van der Waals surface area contributed by atoms with Crippen LogP contribution in [-0.2, 0) is 4.74 Å². The second kappa shape index (κ2) is 8.59. The van der Waals surface area contributed by atoms with Gasteiger partial charge in [0.05, 0.1) is 6.61 Å². The molecule has 0 aliphatic carbocycles. The van der Waals surface area contributed by atoms with E-state index in [-0.39, 0.29) is 17.5 Å². The third kappa shape index (κ3) is 4.74. The lowest BCUT2D eigenvalue weighted by Gasteiger charge is -2.34. The van der Waals surface area contributed by atoms with E-state index in [9.17, 15) is 9.59 Å². The number of nitrogens with one attached hydrogen (secondary N) is 1. The van der Waals surface area contributed by atoms with E-state index in [0.29, 0.717) is 31.8 Å². The standard InChI is InChI=1S/C16H24N4O3/c1-3-19-7-9-20(10-8-19)16(22)13-4-5-17-14(12-13)15(21)18-6-11-23-2/h4-5,12H,3,6-11H2,1-2H3,(H,18,21). The van der Waals surface area contributed by atoms with E-state index in [1.54, 1.807) is 19.2 Å². The predicted molar refractivity (Wildman–Crippen MR) is 86.5 cm³/mol. The molecule has 23 heavy (non-hydrogen) atoms. The maximum atomic E-state index is 12.6. The Morgan fingerprint density at radius 3 is 2.70 bits per heavy atom. The van der Waals surface area contributed by atoms with Crippen molar-refractivity contribution in [1.29, 1.82) is 0 Å². The second-order valence-corrected chi connectivity index (χ2v) is 5.40. The van der Waals surface area contributed by atoms with Crippen LogP contribution in [0.1, 0.15) is 27.8 Å². The van der Waals surface area contributed by atoms with Crippen molar-refractivity contribution in [3.63, 3.8) is 0 Å². The van der Waals surface area contributed by atoms with E-state index in [2.05, 4.69) is 22.1 Å². The van der Waals surface area contributed by atoms with Gasteiger partial charge >= 0.3 is 0 Å². The van der Waals surface area contributed by atoms with Gasteiger partial charge in [-0.15, -0.1) is 0 Å². The number of pyridine rings is 1. The Labute approximate surface area is 136 Å². The number of amides is 2. The summed E-state index contributed by atoms with van der Waals surface area (Å²) in [6.07, 6.45) is 1.50. The molecule has 1 saturated heterocycles. The van der Waals surface area contributed by atoms with Gasteiger partial charge in [-0.05, 0) is 18.7 Å². The topological polar surface area (TPSA) is 74.8 Å². The van der Waals surface area contributed by atoms with Gasteiger partial charge in [0.15, 0.2) is 0 Å². The van der Waals surface area contributed by atoms with E-state index in [1.807, 2.05) is 4.90 Å². The molecular formula is C16H24N4O3. The SMILES string of the molecule is CCN1CCN(C(=O)c2ccnc(C(=O)NCCOC)c2)CC1. The monoisotopic (exact) mass is 320 g/mol. The minimum Gasteiger partial charge on any atom is -0.383 e. The molecule has 7 heteroatoms. The smallest absolute Gasteiger partial charge is 0.269 e. The highest BCUT2D eigenvalue weighted by molar-refractivity contribution is 5.98. The van der Waals surface area contributed by atoms with Gasteiger partial charge in [0.25, 0.3) is 11.8 Å². The van der Waals surface area contributed by atoms with Crippen LogP contribution >= 0.6 is 0 Å². The van der Waals surface area contributed by atoms with Crippen molar-refractivity contribution in [1.82, 2.24) is 20.1 Å². The molecule has 0 saturated carbocycles. The average Bonchev–Trinajstić information content (AvgIpc) is 2.61. The molecule has 2 amide bonds. The van der Waals surface area contributed by atoms with Gasteiger partial charge in [0, 0.05) is 51.6 Å². The molecule has 7 nitrogen and oxygen atoms in total. The first kappa shape index (κ1) is 17.4. The predicted octanol–water partition coefficient (Wildman–Crippen LogP) is 0.236. The highest BCUT2D eigenvalue weighted by atomic mass is 16.5. The number of carbonyl (C=O) groups excluding carboxylic acids is 2. The molecule has 0 aromatic carbocycles. The lowest BCUT2D eigenvalue weighted by molar-refractivity contribution is 0.0643. The third-order valence-corrected chi connectivity index (χ3v) is 3.94. The minimum atomic E-state index is -0.299. The first-order valence-electron chi connectivity index (χ1n) is 7.90. The van der Waals surface area contributed by atoms with Crippen LogP contribution in [0.3, 0.4) is 0 Å². The lowest BCUT2D eigenvalue weighted by Crippen LogP contribution is -2.48. The normalized spacial score (nSPS) is 15.5. The molecule has 1 aliphatic rings. The fourth-order valence-electron chi connectivity index (χ4n) is 2.49. The zero-order chi connectivity index (χ0) is 16.7. The van der Waals surface area contributed by atoms with Crippen LogP contribution in [0.4, 0.5) is 0 Å². The maximum absolute atomic E-state index is 12.6. The highest BCUT2D eigenvalue weighted by Crippen LogP contribution is 2.09. The number of likely N-dealkylation sites (N-methyl/N-ethyl adjacent to an activating group) is 1. The van der Waals surface area contributed by atoms with Crippen LogP contribution in [0.15, 0.2) is 18.3 Å². The van der Waals surface area contributed by atoms with Crippen molar-refractivity contribution in [2.45, 2.75) is 6.92 Å². The summed E-state index contributed by atoms with van der Waals surface area (Å²) in [7, 11) is 1.57. The maximum Gasteiger partial charge on any atom is 0.269 e. The Hall–Kier alpha value is -1.99. The molecule has 126 valence electrons. The number of carbonyl (C=O) groups is 2. The molecule has 0 unspecified atom stereocenters. The Morgan fingerprint density at radius 2 is 2.04 bits per heavy atom. The van der Waals surface area contributed by atoms with Gasteiger partial charge < -0.3 is 19.9 Å². The van der Waals surface area contributed by atoms with Crippen molar-refractivity contribution >= 4 is 11.8 Å². The summed E-state index contributed by atoms with van der Waals surface area (Å²) in [6, 6.07) is 3.21. The first-order chi connectivity index (χ1) is 11.2. The van der Waals surface area contributed by atoms with Crippen LogP contribution < -0.4 is 5.32 Å². The molecule has 2 rings (SSSR count). The summed E-state index contributed by atoms with van der Waals surface area (Å²) in [5.74, 6) is -0.346. The molecule has 0 spiro atoms. The number of rotatable bonds is 6. The van der Waals surface area contributed by atoms with Crippen molar-refractivity contribution in [3.8, 4) is 0 Å². The minimum absolute atomic E-state index is 0.0471. The van der Waals surface area contributed by atoms with Crippen LogP contribution in [0.25, 0.3) is 0 Å². The summed E-state index contributed by atoms with van der Waals surface area (Å²) in [5.41, 5.74) is 0.751. The van der Waals surface area contributed by atoms with E-state index >= 15 is 0 Å². The van der Waals surface area contributed by atoms with Gasteiger partial charge in [-0.25, -0.2) is 0 Å². The second-order valence-electron chi connectivity index (χ2n) is 5.40. The Morgan fingerprint density at radius 1 is 1.30 bits per heavy atom.